The van der Waals surface area contributed by atoms with Crippen molar-refractivity contribution >= 4 is 5.91 Å². The van der Waals surface area contributed by atoms with Crippen molar-refractivity contribution in [3.8, 4) is 5.69 Å². The molecule has 4 rings (SSSR count). The number of benzene rings is 3. The molecule has 11 heteroatoms. The van der Waals surface area contributed by atoms with Gasteiger partial charge in [-0.25, -0.2) is 9.18 Å². The van der Waals surface area contributed by atoms with E-state index in [9.17, 15) is 31.9 Å². The summed E-state index contributed by atoms with van der Waals surface area (Å²) in [6.07, 6.45) is -4.54. The van der Waals surface area contributed by atoms with Gasteiger partial charge < -0.3 is 5.32 Å². The van der Waals surface area contributed by atoms with Crippen molar-refractivity contribution in [2.24, 2.45) is 0 Å². The minimum atomic E-state index is -4.54. The van der Waals surface area contributed by atoms with E-state index in [1.165, 1.54) is 24.3 Å². The minimum Gasteiger partial charge on any atom is -0.346 e. The molecule has 3 aromatic carbocycles. The quantitative estimate of drug-likeness (QED) is 0.398. The number of carbonyl (C=O) groups excluding carboxylic acids is 1. The molecule has 4 aromatic rings. The van der Waals surface area contributed by atoms with E-state index in [2.05, 4.69) is 10.4 Å². The van der Waals surface area contributed by atoms with Crippen molar-refractivity contribution in [3.05, 3.63) is 127 Å². The molecule has 0 saturated heterocycles. The monoisotopic (exact) mass is 512 g/mol. The third-order valence-corrected chi connectivity index (χ3v) is 5.51. The number of alkyl halides is 3. The predicted molar refractivity (Wildman–Crippen MR) is 127 cm³/mol. The number of aryl methyl sites for hydroxylation is 1. The highest BCUT2D eigenvalue weighted by Crippen LogP contribution is 2.29. The molecule has 0 unspecified atom stereocenters. The highest BCUT2D eigenvalue weighted by atomic mass is 19.4. The number of aromatic nitrogens is 3. The fourth-order valence-corrected chi connectivity index (χ4v) is 3.57. The van der Waals surface area contributed by atoms with Gasteiger partial charge in [0.05, 0.1) is 17.8 Å². The van der Waals surface area contributed by atoms with Crippen LogP contribution in [0.1, 0.15) is 32.7 Å². The van der Waals surface area contributed by atoms with Crippen molar-refractivity contribution in [1.82, 2.24) is 19.7 Å². The smallest absolute Gasteiger partial charge is 0.346 e. The van der Waals surface area contributed by atoms with Crippen molar-refractivity contribution in [3.63, 3.8) is 0 Å². The Morgan fingerprint density at radius 1 is 0.946 bits per heavy atom. The van der Waals surface area contributed by atoms with E-state index < -0.39 is 40.4 Å². The van der Waals surface area contributed by atoms with Crippen molar-refractivity contribution in [2.45, 2.75) is 26.2 Å². The number of nitrogens with zero attached hydrogens (tertiary/aromatic N) is 3. The highest BCUT2D eigenvalue weighted by Gasteiger charge is 2.30. The van der Waals surface area contributed by atoms with Crippen LogP contribution in [-0.2, 0) is 19.3 Å². The maximum absolute atomic E-state index is 13.2. The fraction of sp³-hybridized carbons (Fsp3) is 0.154. The van der Waals surface area contributed by atoms with Crippen LogP contribution in [0.5, 0.6) is 0 Å². The number of carbonyl (C=O) groups is 1. The molecule has 37 heavy (non-hydrogen) atoms. The summed E-state index contributed by atoms with van der Waals surface area (Å²) in [4.78, 5) is 39.3. The van der Waals surface area contributed by atoms with Crippen LogP contribution in [0.25, 0.3) is 5.69 Å². The summed E-state index contributed by atoms with van der Waals surface area (Å²) in [5.41, 5.74) is -1.46. The Hall–Kier alpha value is -4.54. The first-order valence-electron chi connectivity index (χ1n) is 11.0. The summed E-state index contributed by atoms with van der Waals surface area (Å²) < 4.78 is 53.6. The molecule has 0 aliphatic carbocycles. The molecular weight excluding hydrogens is 492 g/mol. The summed E-state index contributed by atoms with van der Waals surface area (Å²) in [7, 11) is 0. The second kappa shape index (κ2) is 10.2. The zero-order valence-electron chi connectivity index (χ0n) is 19.4. The first-order chi connectivity index (χ1) is 17.5. The predicted octanol–water partition coefficient (Wildman–Crippen LogP) is 3.84. The third kappa shape index (κ3) is 5.83. The van der Waals surface area contributed by atoms with Gasteiger partial charge in [-0.1, -0.05) is 36.4 Å². The Labute approximate surface area is 207 Å². The molecule has 0 bridgehead atoms. The first-order valence-corrected chi connectivity index (χ1v) is 11.0. The molecule has 190 valence electrons. The van der Waals surface area contributed by atoms with Crippen LogP contribution in [-0.4, -0.2) is 20.3 Å². The molecule has 1 amide bonds. The van der Waals surface area contributed by atoms with Crippen molar-refractivity contribution < 1.29 is 22.4 Å². The third-order valence-electron chi connectivity index (χ3n) is 5.51. The van der Waals surface area contributed by atoms with Gasteiger partial charge >= 0.3 is 11.9 Å². The van der Waals surface area contributed by atoms with Crippen LogP contribution < -0.4 is 16.6 Å². The Kier molecular flexibility index (Phi) is 7.05. The molecule has 0 fully saturated rings. The summed E-state index contributed by atoms with van der Waals surface area (Å²) in [6, 6.07) is 16.0. The molecule has 1 heterocycles. The minimum absolute atomic E-state index is 0.0390. The molecule has 0 radical (unpaired) electrons. The van der Waals surface area contributed by atoms with Gasteiger partial charge in [0.25, 0.3) is 11.5 Å². The van der Waals surface area contributed by atoms with Crippen molar-refractivity contribution in [2.75, 3.05) is 0 Å². The molecular formula is C26H20F4N4O3. The van der Waals surface area contributed by atoms with E-state index in [0.29, 0.717) is 11.3 Å². The Morgan fingerprint density at radius 3 is 2.22 bits per heavy atom. The SMILES string of the molecule is Cc1cccc(-n2nc(C(=O)NCc3ccc(F)cc3)c(=O)n(Cc3ccc(C(F)(F)F)cc3)c2=O)c1. The number of halogens is 4. The summed E-state index contributed by atoms with van der Waals surface area (Å²) in [5, 5.41) is 6.53. The second-order valence-corrected chi connectivity index (χ2v) is 8.28. The van der Waals surface area contributed by atoms with E-state index in [-0.39, 0.29) is 18.7 Å². The molecule has 7 nitrogen and oxygen atoms in total. The lowest BCUT2D eigenvalue weighted by Crippen LogP contribution is -2.46. The van der Waals surface area contributed by atoms with Gasteiger partial charge in [0.1, 0.15) is 5.82 Å². The van der Waals surface area contributed by atoms with E-state index >= 15 is 0 Å². The largest absolute Gasteiger partial charge is 0.416 e. The van der Waals surface area contributed by atoms with Crippen LogP contribution >= 0.6 is 0 Å². The van der Waals surface area contributed by atoms with Crippen LogP contribution in [0.2, 0.25) is 0 Å². The number of rotatable bonds is 6. The standard InChI is InChI=1S/C26H20F4N4O3/c1-16-3-2-4-21(13-16)34-25(37)33(15-18-5-9-19(10-6-18)26(28,29)30)24(36)22(32-34)23(35)31-14-17-7-11-20(27)12-8-17/h2-13H,14-15H2,1H3,(H,31,35). The molecule has 0 aliphatic rings. The summed E-state index contributed by atoms with van der Waals surface area (Å²) in [6.45, 7) is 1.36. The Bertz CT molecular complexity index is 1560. The molecule has 1 N–H and O–H groups in total. The Morgan fingerprint density at radius 2 is 1.59 bits per heavy atom. The van der Waals surface area contributed by atoms with E-state index in [4.69, 9.17) is 0 Å². The van der Waals surface area contributed by atoms with Gasteiger partial charge in [-0.15, -0.1) is 0 Å². The highest BCUT2D eigenvalue weighted by molar-refractivity contribution is 5.91. The lowest BCUT2D eigenvalue weighted by atomic mass is 10.1. The first kappa shape index (κ1) is 25.5. The van der Waals surface area contributed by atoms with Gasteiger partial charge in [-0.05, 0) is 60.0 Å². The van der Waals surface area contributed by atoms with Gasteiger partial charge in [0, 0.05) is 6.54 Å². The zero-order valence-corrected chi connectivity index (χ0v) is 19.4. The molecule has 1 aromatic heterocycles. The number of hydrogen-bond acceptors (Lipinski definition) is 4. The second-order valence-electron chi connectivity index (χ2n) is 8.28. The maximum atomic E-state index is 13.2. The maximum Gasteiger partial charge on any atom is 0.416 e. The van der Waals surface area contributed by atoms with Crippen molar-refractivity contribution in [1.29, 1.82) is 0 Å². The van der Waals surface area contributed by atoms with Gasteiger partial charge in [0.15, 0.2) is 0 Å². The van der Waals surface area contributed by atoms with E-state index in [1.807, 2.05) is 0 Å². The summed E-state index contributed by atoms with van der Waals surface area (Å²) in [5.74, 6) is -1.33. The molecule has 0 spiro atoms. The average Bonchev–Trinajstić information content (AvgIpc) is 2.86. The number of amides is 1. The van der Waals surface area contributed by atoms with Crippen LogP contribution in [0, 0.1) is 12.7 Å². The van der Waals surface area contributed by atoms with Gasteiger partial charge in [-0.3, -0.25) is 14.2 Å². The van der Waals surface area contributed by atoms with Gasteiger partial charge in [0.2, 0.25) is 5.69 Å². The van der Waals surface area contributed by atoms with Crippen LogP contribution in [0.4, 0.5) is 17.6 Å². The molecule has 0 aliphatic heterocycles. The summed E-state index contributed by atoms with van der Waals surface area (Å²) >= 11 is 0. The number of hydrogen-bond donors (Lipinski definition) is 1. The zero-order chi connectivity index (χ0) is 26.7. The number of nitrogens with one attached hydrogen (secondary N) is 1. The van der Waals surface area contributed by atoms with Crippen LogP contribution in [0.15, 0.2) is 82.4 Å². The molecule has 0 atom stereocenters. The van der Waals surface area contributed by atoms with E-state index in [0.717, 1.165) is 39.1 Å². The Balaban J connectivity index is 1.75. The normalized spacial score (nSPS) is 11.4. The topological polar surface area (TPSA) is 86.0 Å². The van der Waals surface area contributed by atoms with E-state index in [1.54, 1.807) is 31.2 Å². The lowest BCUT2D eigenvalue weighted by molar-refractivity contribution is -0.137. The molecule has 0 saturated carbocycles. The average molecular weight is 512 g/mol. The fourth-order valence-electron chi connectivity index (χ4n) is 3.57. The van der Waals surface area contributed by atoms with Gasteiger partial charge in [-0.2, -0.15) is 23.0 Å². The lowest BCUT2D eigenvalue weighted by Gasteiger charge is -2.13. The van der Waals surface area contributed by atoms with Crippen LogP contribution in [0.3, 0.4) is 0 Å².